The number of carboxylic acids is 1. The van der Waals surface area contributed by atoms with E-state index < -0.39 is 54.5 Å². The summed E-state index contributed by atoms with van der Waals surface area (Å²) in [7, 11) is 0. The number of amides is 3. The van der Waals surface area contributed by atoms with Gasteiger partial charge in [0.1, 0.15) is 23.9 Å². The van der Waals surface area contributed by atoms with Crippen LogP contribution in [0, 0.1) is 0 Å². The Morgan fingerprint density at radius 3 is 2.19 bits per heavy atom. The lowest BCUT2D eigenvalue weighted by molar-refractivity contribution is -0.142. The third-order valence-electron chi connectivity index (χ3n) is 5.38. The maximum atomic E-state index is 12.9. The topological polar surface area (TPSA) is 220 Å². The molecule has 9 N–H and O–H groups in total. The molecule has 4 atom stereocenters. The molecular weight excluding hydrogens is 504 g/mol. The number of phenols is 1. The Morgan fingerprint density at radius 2 is 1.62 bits per heavy atom. The van der Waals surface area contributed by atoms with E-state index in [-0.39, 0.29) is 25.0 Å². The highest BCUT2D eigenvalue weighted by Gasteiger charge is 2.30. The van der Waals surface area contributed by atoms with Crippen LogP contribution < -0.4 is 21.7 Å². The van der Waals surface area contributed by atoms with Crippen LogP contribution in [0.5, 0.6) is 5.75 Å². The van der Waals surface area contributed by atoms with Crippen LogP contribution in [0.15, 0.2) is 36.8 Å². The molecule has 0 aliphatic heterocycles. The first-order valence-electron chi connectivity index (χ1n) is 11.4. The number of phenolic OH excluding ortho intramolecular Hbond substituents is 1. The Balaban J connectivity index is 2.01. The third-order valence-corrected chi connectivity index (χ3v) is 6.03. The zero-order valence-electron chi connectivity index (χ0n) is 20.2. The number of nitrogens with zero attached hydrogens (tertiary/aromatic N) is 1. The number of aromatic nitrogens is 2. The number of H-pyrrole nitrogens is 1. The highest BCUT2D eigenvalue weighted by Crippen LogP contribution is 2.11. The second kappa shape index (κ2) is 14.8. The van der Waals surface area contributed by atoms with Gasteiger partial charge in [0.05, 0.1) is 19.0 Å². The molecule has 202 valence electrons. The summed E-state index contributed by atoms with van der Waals surface area (Å²) < 4.78 is 0. The van der Waals surface area contributed by atoms with E-state index >= 15 is 0 Å². The van der Waals surface area contributed by atoms with Crippen LogP contribution in [0.1, 0.15) is 17.7 Å². The van der Waals surface area contributed by atoms with E-state index in [2.05, 4.69) is 25.9 Å². The molecule has 0 fully saturated rings. The van der Waals surface area contributed by atoms with Gasteiger partial charge in [-0.1, -0.05) is 12.1 Å². The van der Waals surface area contributed by atoms with Gasteiger partial charge in [-0.05, 0) is 42.5 Å². The molecule has 0 spiro atoms. The average molecular weight is 537 g/mol. The van der Waals surface area contributed by atoms with Crippen LogP contribution in [0.4, 0.5) is 0 Å². The number of aliphatic carboxylic acids is 1. The predicted molar refractivity (Wildman–Crippen MR) is 136 cm³/mol. The zero-order chi connectivity index (χ0) is 27.4. The lowest BCUT2D eigenvalue weighted by Crippen LogP contribution is -2.58. The Morgan fingerprint density at radius 1 is 1.00 bits per heavy atom. The van der Waals surface area contributed by atoms with Crippen LogP contribution in [-0.4, -0.2) is 91.8 Å². The molecule has 4 unspecified atom stereocenters. The van der Waals surface area contributed by atoms with Crippen LogP contribution in [-0.2, 0) is 32.0 Å². The van der Waals surface area contributed by atoms with Gasteiger partial charge in [0.25, 0.3) is 0 Å². The van der Waals surface area contributed by atoms with Crippen molar-refractivity contribution in [3.63, 3.8) is 0 Å². The summed E-state index contributed by atoms with van der Waals surface area (Å²) in [5, 5.41) is 35.8. The van der Waals surface area contributed by atoms with E-state index in [4.69, 9.17) is 5.73 Å². The van der Waals surface area contributed by atoms with Gasteiger partial charge in [0.2, 0.25) is 17.7 Å². The number of rotatable bonds is 15. The standard InChI is InChI=1S/C23H32N6O7S/c1-37-7-6-17(27-20(32)16(24)8-13-2-4-15(31)5-3-13)21(33)29-19(11-30)22(34)28-18(23(35)36)9-14-10-25-12-26-14/h2-5,10,12,16-19,30-31H,6-9,11,24H2,1H3,(H,25,26)(H,27,32)(H,28,34)(H,29,33)(H,35,36). The summed E-state index contributed by atoms with van der Waals surface area (Å²) >= 11 is 1.44. The quantitative estimate of drug-likeness (QED) is 0.132. The number of carboxylic acid groups (broad SMARTS) is 1. The predicted octanol–water partition coefficient (Wildman–Crippen LogP) is -1.49. The number of aromatic hydroxyl groups is 1. The fourth-order valence-electron chi connectivity index (χ4n) is 3.32. The maximum absolute atomic E-state index is 12.9. The number of aliphatic hydroxyl groups is 1. The summed E-state index contributed by atoms with van der Waals surface area (Å²) in [6.07, 6.45) is 4.91. The number of imidazole rings is 1. The number of nitrogens with two attached hydrogens (primary N) is 1. The molecule has 2 rings (SSSR count). The second-order valence-corrected chi connectivity index (χ2v) is 9.23. The van der Waals surface area contributed by atoms with Crippen molar-refractivity contribution in [1.82, 2.24) is 25.9 Å². The van der Waals surface area contributed by atoms with Crippen molar-refractivity contribution in [3.05, 3.63) is 48.0 Å². The van der Waals surface area contributed by atoms with Gasteiger partial charge in [-0.15, -0.1) is 0 Å². The van der Waals surface area contributed by atoms with Crippen LogP contribution in [0.25, 0.3) is 0 Å². The van der Waals surface area contributed by atoms with Gasteiger partial charge in [0, 0.05) is 18.3 Å². The number of hydrogen-bond donors (Lipinski definition) is 8. The maximum Gasteiger partial charge on any atom is 0.326 e. The Bertz CT molecular complexity index is 1030. The van der Waals surface area contributed by atoms with E-state index in [0.29, 0.717) is 17.0 Å². The number of aromatic amines is 1. The van der Waals surface area contributed by atoms with Crippen molar-refractivity contribution in [3.8, 4) is 5.75 Å². The van der Waals surface area contributed by atoms with Gasteiger partial charge in [-0.3, -0.25) is 14.4 Å². The second-order valence-electron chi connectivity index (χ2n) is 8.24. The molecule has 0 saturated carbocycles. The first kappa shape index (κ1) is 29.6. The minimum atomic E-state index is -1.45. The largest absolute Gasteiger partial charge is 0.508 e. The number of carbonyl (C=O) groups is 4. The van der Waals surface area contributed by atoms with E-state index in [1.54, 1.807) is 12.1 Å². The van der Waals surface area contributed by atoms with Gasteiger partial charge in [-0.25, -0.2) is 9.78 Å². The molecule has 1 heterocycles. The van der Waals surface area contributed by atoms with Crippen LogP contribution in [0.3, 0.4) is 0 Å². The highest BCUT2D eigenvalue weighted by atomic mass is 32.2. The van der Waals surface area contributed by atoms with Crippen LogP contribution in [0.2, 0.25) is 0 Å². The molecule has 1 aromatic heterocycles. The molecule has 1 aromatic carbocycles. The summed E-state index contributed by atoms with van der Waals surface area (Å²) in [5.74, 6) is -2.94. The Kier molecular flexibility index (Phi) is 11.9. The van der Waals surface area contributed by atoms with E-state index in [9.17, 15) is 34.5 Å². The molecule has 37 heavy (non-hydrogen) atoms. The van der Waals surface area contributed by atoms with E-state index in [1.807, 2.05) is 6.26 Å². The minimum absolute atomic E-state index is 0.0778. The number of thioether (sulfide) groups is 1. The van der Waals surface area contributed by atoms with Gasteiger partial charge < -0.3 is 42.0 Å². The fraction of sp³-hybridized carbons (Fsp3) is 0.435. The third kappa shape index (κ3) is 9.74. The summed E-state index contributed by atoms with van der Waals surface area (Å²) in [4.78, 5) is 56.4. The van der Waals surface area contributed by atoms with Gasteiger partial charge in [-0.2, -0.15) is 11.8 Å². The van der Waals surface area contributed by atoms with Crippen LogP contribution >= 0.6 is 11.8 Å². The molecule has 0 aliphatic carbocycles. The Hall–Kier alpha value is -3.62. The molecule has 0 radical (unpaired) electrons. The summed E-state index contributed by atoms with van der Waals surface area (Å²) in [6.45, 7) is -0.794. The molecule has 3 amide bonds. The molecule has 0 aliphatic rings. The summed E-state index contributed by atoms with van der Waals surface area (Å²) in [6, 6.07) is 1.39. The smallest absolute Gasteiger partial charge is 0.326 e. The van der Waals surface area contributed by atoms with Crippen molar-refractivity contribution < 1.29 is 34.5 Å². The average Bonchev–Trinajstić information content (AvgIpc) is 3.38. The number of hydrogen-bond acceptors (Lipinski definition) is 9. The minimum Gasteiger partial charge on any atom is -0.508 e. The molecule has 0 saturated heterocycles. The molecule has 14 heteroatoms. The highest BCUT2D eigenvalue weighted by molar-refractivity contribution is 7.98. The normalized spacial score (nSPS) is 14.1. The lowest BCUT2D eigenvalue weighted by Gasteiger charge is -2.24. The SMILES string of the molecule is CSCCC(NC(=O)C(N)Cc1ccc(O)cc1)C(=O)NC(CO)C(=O)NC(Cc1cnc[nH]1)C(=O)O. The number of carbonyl (C=O) groups excluding carboxylic acids is 3. The lowest BCUT2D eigenvalue weighted by atomic mass is 10.0. The van der Waals surface area contributed by atoms with Gasteiger partial charge in [0.15, 0.2) is 0 Å². The van der Waals surface area contributed by atoms with Crippen molar-refractivity contribution in [2.24, 2.45) is 5.73 Å². The first-order chi connectivity index (χ1) is 17.6. The van der Waals surface area contributed by atoms with Crippen molar-refractivity contribution in [1.29, 1.82) is 0 Å². The fourth-order valence-corrected chi connectivity index (χ4v) is 3.79. The molecule has 0 bridgehead atoms. The molecule has 13 nitrogen and oxygen atoms in total. The zero-order valence-corrected chi connectivity index (χ0v) is 21.0. The van der Waals surface area contributed by atoms with E-state index in [0.717, 1.165) is 0 Å². The number of nitrogens with one attached hydrogen (secondary N) is 4. The number of aliphatic hydroxyl groups excluding tert-OH is 1. The molecule has 2 aromatic rings. The van der Waals surface area contributed by atoms with Crippen molar-refractivity contribution >= 4 is 35.5 Å². The van der Waals surface area contributed by atoms with Gasteiger partial charge >= 0.3 is 5.97 Å². The van der Waals surface area contributed by atoms with E-state index in [1.165, 1.54) is 36.4 Å². The first-order valence-corrected chi connectivity index (χ1v) is 12.8. The van der Waals surface area contributed by atoms with Crippen molar-refractivity contribution in [2.75, 3.05) is 18.6 Å². The monoisotopic (exact) mass is 536 g/mol. The van der Waals surface area contributed by atoms with Crippen molar-refractivity contribution in [2.45, 2.75) is 43.4 Å². The molecular formula is C23H32N6O7S. The number of benzene rings is 1. The summed E-state index contributed by atoms with van der Waals surface area (Å²) in [5.41, 5.74) is 7.19. The Labute approximate surface area is 217 Å².